The van der Waals surface area contributed by atoms with E-state index in [1.807, 2.05) is 85.4 Å². The molecule has 7 aromatic rings. The summed E-state index contributed by atoms with van der Waals surface area (Å²) in [5, 5.41) is 1.05. The third kappa shape index (κ3) is 6.40. The van der Waals surface area contributed by atoms with Crippen LogP contribution in [0, 0.1) is 0 Å². The topological polar surface area (TPSA) is 72.9 Å². The molecule has 59 heavy (non-hydrogen) atoms. The average Bonchev–Trinajstić information content (AvgIpc) is 3.40. The molecule has 3 aliphatic rings. The van der Waals surface area contributed by atoms with Gasteiger partial charge in [0.25, 0.3) is 0 Å². The van der Waals surface area contributed by atoms with Crippen molar-refractivity contribution < 1.29 is 0 Å². The first-order chi connectivity index (χ1) is 29.2. The summed E-state index contributed by atoms with van der Waals surface area (Å²) in [6.45, 7) is 3.77. The predicted octanol–water partition coefficient (Wildman–Crippen LogP) is 11.9. The van der Waals surface area contributed by atoms with E-state index in [0.29, 0.717) is 5.70 Å². The van der Waals surface area contributed by atoms with E-state index in [9.17, 15) is 0 Å². The summed E-state index contributed by atoms with van der Waals surface area (Å²) >= 11 is 0. The summed E-state index contributed by atoms with van der Waals surface area (Å²) in [7, 11) is 0. The van der Waals surface area contributed by atoms with Gasteiger partial charge in [-0.05, 0) is 107 Å². The lowest BCUT2D eigenvalue weighted by Crippen LogP contribution is -2.26. The van der Waals surface area contributed by atoms with E-state index in [1.165, 1.54) is 0 Å². The minimum Gasteiger partial charge on any atom is -0.398 e. The van der Waals surface area contributed by atoms with E-state index in [1.54, 1.807) is 6.08 Å². The van der Waals surface area contributed by atoms with E-state index >= 15 is 0 Å². The van der Waals surface area contributed by atoms with Crippen LogP contribution < -0.4 is 10.6 Å². The Morgan fingerprint density at radius 3 is 2.41 bits per heavy atom. The van der Waals surface area contributed by atoms with E-state index in [2.05, 4.69) is 136 Å². The van der Waals surface area contributed by atoms with Gasteiger partial charge in [0, 0.05) is 64.2 Å². The SMILES string of the molecule is C=C/C=C\C=C(/N)c1ccccc1-c1ccc2c(c1)c1ncccc1n2C1=CC=C=CC(N2C3=CC(C=C(c4ccccc4-c4ccccn4)C=C3)c3ncccc32)=C1. The van der Waals surface area contributed by atoms with E-state index in [4.69, 9.17) is 15.7 Å². The summed E-state index contributed by atoms with van der Waals surface area (Å²) in [5.74, 6) is -0.0302. The number of pyridine rings is 3. The Labute approximate surface area is 343 Å². The van der Waals surface area contributed by atoms with Gasteiger partial charge in [0.2, 0.25) is 0 Å². The fourth-order valence-electron chi connectivity index (χ4n) is 8.33. The first kappa shape index (κ1) is 35.4. The molecule has 4 aromatic heterocycles. The smallest absolute Gasteiger partial charge is 0.0963 e. The first-order valence-corrected chi connectivity index (χ1v) is 19.6. The third-order valence-electron chi connectivity index (χ3n) is 10.9. The summed E-state index contributed by atoms with van der Waals surface area (Å²) in [6.07, 6.45) is 30.4. The zero-order valence-electron chi connectivity index (χ0n) is 32.2. The number of nitrogens with zero attached hydrogens (tertiary/aromatic N) is 5. The first-order valence-electron chi connectivity index (χ1n) is 19.6. The lowest BCUT2D eigenvalue weighted by molar-refractivity contribution is 0.923. The van der Waals surface area contributed by atoms with E-state index in [-0.39, 0.29) is 5.92 Å². The number of rotatable bonds is 8. The molecule has 1 aliphatic heterocycles. The molecule has 0 radical (unpaired) electrons. The van der Waals surface area contributed by atoms with Crippen molar-refractivity contribution in [1.29, 1.82) is 0 Å². The summed E-state index contributed by atoms with van der Waals surface area (Å²) in [4.78, 5) is 16.9. The highest BCUT2D eigenvalue weighted by atomic mass is 15.2. The van der Waals surface area contributed by atoms with Crippen LogP contribution in [-0.4, -0.2) is 19.5 Å². The van der Waals surface area contributed by atoms with Crippen molar-refractivity contribution in [2.24, 2.45) is 5.73 Å². The second kappa shape index (κ2) is 15.1. The second-order valence-corrected chi connectivity index (χ2v) is 14.4. The minimum atomic E-state index is -0.0302. The molecule has 1 atom stereocenters. The molecule has 1 unspecified atom stereocenters. The lowest BCUT2D eigenvalue weighted by atomic mass is 9.92. The Kier molecular flexibility index (Phi) is 9.07. The number of aromatic nitrogens is 4. The monoisotopic (exact) mass is 758 g/mol. The quantitative estimate of drug-likeness (QED) is 0.123. The van der Waals surface area contributed by atoms with Crippen LogP contribution in [0.25, 0.3) is 61.3 Å². The van der Waals surface area contributed by atoms with Crippen LogP contribution >= 0.6 is 0 Å². The van der Waals surface area contributed by atoms with Gasteiger partial charge >= 0.3 is 0 Å². The molecule has 6 heteroatoms. The number of anilines is 1. The van der Waals surface area contributed by atoms with Crippen LogP contribution in [0.5, 0.6) is 0 Å². The normalized spacial score (nSPS) is 16.0. The molecule has 0 amide bonds. The van der Waals surface area contributed by atoms with Crippen molar-refractivity contribution in [2.45, 2.75) is 5.92 Å². The minimum absolute atomic E-state index is 0.0302. The van der Waals surface area contributed by atoms with Gasteiger partial charge in [-0.1, -0.05) is 97.6 Å². The molecule has 2 aliphatic carbocycles. The van der Waals surface area contributed by atoms with Crippen molar-refractivity contribution >= 4 is 44.6 Å². The van der Waals surface area contributed by atoms with Crippen molar-refractivity contribution in [3.8, 4) is 22.4 Å². The fraction of sp³-hybridized carbons (Fsp3) is 0.0189. The molecule has 10 rings (SSSR count). The molecule has 6 nitrogen and oxygen atoms in total. The Balaban J connectivity index is 1.07. The Morgan fingerprint density at radius 1 is 0.712 bits per heavy atom. The molecule has 2 bridgehead atoms. The standard InChI is InChI=1S/C53H38N6/c1-2-3-4-21-47(54)44-19-9-7-17-42(44)37-26-28-49-46(34-37)53-51(24-14-31-57-53)59(49)40-16-6-5-15-39(35-40)58-41-27-25-36(32-38(33-41)52-50(58)23-13-30-56-52)43-18-8-10-20-45(43)48-22-11-12-29-55-48/h2-4,6-35,38H,1,54H2/b4-3-,47-21-. The lowest BCUT2D eigenvalue weighted by Gasteiger charge is -2.33. The zero-order chi connectivity index (χ0) is 39.7. The van der Waals surface area contributed by atoms with Crippen molar-refractivity contribution in [3.05, 3.63) is 241 Å². The van der Waals surface area contributed by atoms with Gasteiger partial charge in [0.15, 0.2) is 0 Å². The average molecular weight is 759 g/mol. The highest BCUT2D eigenvalue weighted by Crippen LogP contribution is 2.44. The van der Waals surface area contributed by atoms with Gasteiger partial charge in [-0.15, -0.1) is 5.73 Å². The summed E-state index contributed by atoms with van der Waals surface area (Å²) in [6, 6.07) is 37.6. The zero-order valence-corrected chi connectivity index (χ0v) is 32.2. The molecule has 0 spiro atoms. The molecule has 0 saturated carbocycles. The van der Waals surface area contributed by atoms with Crippen LogP contribution in [0.1, 0.15) is 22.7 Å². The predicted molar refractivity (Wildman–Crippen MR) is 244 cm³/mol. The molecule has 280 valence electrons. The highest BCUT2D eigenvalue weighted by molar-refractivity contribution is 6.10. The Morgan fingerprint density at radius 2 is 1.53 bits per heavy atom. The largest absolute Gasteiger partial charge is 0.398 e. The van der Waals surface area contributed by atoms with Gasteiger partial charge in [-0.25, -0.2) is 0 Å². The van der Waals surface area contributed by atoms with Crippen LogP contribution in [0.4, 0.5) is 5.69 Å². The fourth-order valence-corrected chi connectivity index (χ4v) is 8.33. The van der Waals surface area contributed by atoms with Crippen LogP contribution in [0.15, 0.2) is 224 Å². The molecular weight excluding hydrogens is 721 g/mol. The number of nitrogens with two attached hydrogens (primary N) is 1. The molecule has 0 fully saturated rings. The molecular formula is C53H38N6. The van der Waals surface area contributed by atoms with Crippen LogP contribution in [0.2, 0.25) is 0 Å². The molecule has 2 N–H and O–H groups in total. The summed E-state index contributed by atoms with van der Waals surface area (Å²) in [5.41, 5.74) is 26.1. The number of allylic oxidation sites excluding steroid dienone is 13. The Hall–Kier alpha value is -8.05. The number of hydrogen-bond donors (Lipinski definition) is 1. The van der Waals surface area contributed by atoms with Gasteiger partial charge in [-0.3, -0.25) is 15.0 Å². The van der Waals surface area contributed by atoms with Crippen molar-refractivity contribution in [3.63, 3.8) is 0 Å². The number of fused-ring (bicyclic) bond motifs is 6. The Bertz CT molecular complexity index is 3120. The van der Waals surface area contributed by atoms with E-state index in [0.717, 1.165) is 89.5 Å². The van der Waals surface area contributed by atoms with Gasteiger partial charge in [-0.2, -0.15) is 0 Å². The van der Waals surface area contributed by atoms with Crippen LogP contribution in [0.3, 0.4) is 0 Å². The van der Waals surface area contributed by atoms with Crippen molar-refractivity contribution in [1.82, 2.24) is 19.5 Å². The van der Waals surface area contributed by atoms with Gasteiger partial charge in [0.05, 0.1) is 39.3 Å². The third-order valence-corrected chi connectivity index (χ3v) is 10.9. The molecule has 0 saturated heterocycles. The molecule has 5 heterocycles. The maximum atomic E-state index is 6.61. The van der Waals surface area contributed by atoms with Gasteiger partial charge < -0.3 is 15.2 Å². The second-order valence-electron chi connectivity index (χ2n) is 14.4. The van der Waals surface area contributed by atoms with Crippen molar-refractivity contribution in [2.75, 3.05) is 4.90 Å². The number of benzene rings is 3. The maximum Gasteiger partial charge on any atom is 0.0963 e. The molecule has 3 aromatic carbocycles. The van der Waals surface area contributed by atoms with E-state index < -0.39 is 0 Å². The number of hydrogen-bond acceptors (Lipinski definition) is 5. The van der Waals surface area contributed by atoms with Gasteiger partial charge in [0.1, 0.15) is 0 Å². The van der Waals surface area contributed by atoms with Crippen LogP contribution in [-0.2, 0) is 0 Å². The highest BCUT2D eigenvalue weighted by Gasteiger charge is 2.30. The summed E-state index contributed by atoms with van der Waals surface area (Å²) < 4.78 is 2.29. The maximum absolute atomic E-state index is 6.61.